The quantitative estimate of drug-likeness (QED) is 0.109. The Labute approximate surface area is 285 Å². The molecule has 3 aromatic heterocycles. The Kier molecular flexibility index (Phi) is 7.63. The maximum absolute atomic E-state index is 15.6. The van der Waals surface area contributed by atoms with Crippen molar-refractivity contribution in [3.8, 4) is 33.4 Å². The third kappa shape index (κ3) is 5.09. The van der Waals surface area contributed by atoms with Gasteiger partial charge >= 0.3 is 0 Å². The minimum atomic E-state index is -2.34. The van der Waals surface area contributed by atoms with Crippen LogP contribution in [-0.2, 0) is 0 Å². The summed E-state index contributed by atoms with van der Waals surface area (Å²) in [6.45, 7) is 0. The molecule has 0 amide bonds. The largest absolute Gasteiger partial charge is 0.355 e. The first-order chi connectivity index (χ1) is 24.9. The van der Waals surface area contributed by atoms with Gasteiger partial charge in [0, 0.05) is 33.2 Å². The highest BCUT2D eigenvalue weighted by Crippen LogP contribution is 2.41. The zero-order valence-corrected chi connectivity index (χ0v) is 25.8. The molecule has 0 atom stereocenters. The van der Waals surface area contributed by atoms with Crippen LogP contribution in [0.5, 0.6) is 0 Å². The Bertz CT molecular complexity index is 2690. The second-order valence-electron chi connectivity index (χ2n) is 11.6. The van der Waals surface area contributed by atoms with Gasteiger partial charge in [0.1, 0.15) is 0 Å². The fourth-order valence-corrected chi connectivity index (χ4v) is 6.18. The highest BCUT2D eigenvalue weighted by atomic mass is 19.2. The van der Waals surface area contributed by atoms with Gasteiger partial charge in [-0.25, -0.2) is 53.9 Å². The van der Waals surface area contributed by atoms with Crippen LogP contribution < -0.4 is 0 Å². The fourth-order valence-electron chi connectivity index (χ4n) is 6.18. The van der Waals surface area contributed by atoms with Crippen molar-refractivity contribution in [2.24, 2.45) is 0 Å². The molecule has 6 aromatic rings. The summed E-state index contributed by atoms with van der Waals surface area (Å²) in [5.41, 5.74) is -2.80. The normalized spacial score (nSPS) is 12.3. The fraction of sp³-hybridized carbons (Fsp3) is 0. The molecule has 0 aliphatic carbocycles. The number of hydrogen-bond donors (Lipinski definition) is 2. The van der Waals surface area contributed by atoms with E-state index in [0.29, 0.717) is 5.56 Å². The molecule has 0 saturated heterocycles. The average molecular weight is 719 g/mol. The molecule has 5 heterocycles. The molecule has 2 N–H and O–H groups in total. The molecular formula is C38H16F10N4. The van der Waals surface area contributed by atoms with Crippen LogP contribution in [0.4, 0.5) is 43.9 Å². The van der Waals surface area contributed by atoms with E-state index in [-0.39, 0.29) is 50.4 Å². The van der Waals surface area contributed by atoms with Crippen molar-refractivity contribution in [1.82, 2.24) is 19.9 Å². The lowest BCUT2D eigenvalue weighted by Gasteiger charge is -2.11. The minimum Gasteiger partial charge on any atom is -0.355 e. The third-order valence-electron chi connectivity index (χ3n) is 8.51. The van der Waals surface area contributed by atoms with Crippen molar-refractivity contribution in [1.29, 1.82) is 0 Å². The van der Waals surface area contributed by atoms with Crippen LogP contribution >= 0.6 is 0 Å². The Morgan fingerprint density at radius 1 is 0.404 bits per heavy atom. The summed E-state index contributed by atoms with van der Waals surface area (Å²) in [6, 6.07) is 15.2. The van der Waals surface area contributed by atoms with Crippen molar-refractivity contribution in [3.05, 3.63) is 142 Å². The van der Waals surface area contributed by atoms with E-state index >= 15 is 17.6 Å². The molecule has 2 aliphatic heterocycles. The van der Waals surface area contributed by atoms with E-state index in [1.54, 1.807) is 30.3 Å². The average Bonchev–Trinajstić information content (AvgIpc) is 3.97. The lowest BCUT2D eigenvalue weighted by molar-refractivity contribution is 0.381. The molecule has 52 heavy (non-hydrogen) atoms. The topological polar surface area (TPSA) is 57.4 Å². The summed E-state index contributed by atoms with van der Waals surface area (Å²) in [7, 11) is 0. The molecule has 2 aliphatic rings. The van der Waals surface area contributed by atoms with Gasteiger partial charge in [-0.15, -0.1) is 0 Å². The molecular weight excluding hydrogens is 702 g/mol. The predicted octanol–water partition coefficient (Wildman–Crippen LogP) is 11.0. The highest BCUT2D eigenvalue weighted by molar-refractivity contribution is 6.00. The number of aromatic nitrogens is 4. The Morgan fingerprint density at radius 2 is 0.885 bits per heavy atom. The summed E-state index contributed by atoms with van der Waals surface area (Å²) in [5.74, 6) is -21.7. The first-order valence-electron chi connectivity index (χ1n) is 15.2. The first kappa shape index (κ1) is 32.7. The minimum absolute atomic E-state index is 0.0840. The predicted molar refractivity (Wildman–Crippen MR) is 175 cm³/mol. The van der Waals surface area contributed by atoms with E-state index in [0.717, 1.165) is 0 Å². The van der Waals surface area contributed by atoms with Crippen LogP contribution in [0.1, 0.15) is 22.8 Å². The number of nitrogens with one attached hydrogen (secondary N) is 2. The van der Waals surface area contributed by atoms with Crippen LogP contribution in [0.3, 0.4) is 0 Å². The summed E-state index contributed by atoms with van der Waals surface area (Å²) >= 11 is 0. The Morgan fingerprint density at radius 3 is 1.44 bits per heavy atom. The van der Waals surface area contributed by atoms with Gasteiger partial charge in [0.15, 0.2) is 46.5 Å². The molecule has 8 rings (SSSR count). The summed E-state index contributed by atoms with van der Waals surface area (Å²) in [5, 5.41) is 0. The van der Waals surface area contributed by atoms with E-state index in [1.165, 1.54) is 54.6 Å². The zero-order chi connectivity index (χ0) is 36.6. The Balaban J connectivity index is 1.55. The van der Waals surface area contributed by atoms with E-state index in [1.807, 2.05) is 0 Å². The molecule has 0 fully saturated rings. The summed E-state index contributed by atoms with van der Waals surface area (Å²) < 4.78 is 148. The van der Waals surface area contributed by atoms with Gasteiger partial charge in [-0.3, -0.25) is 0 Å². The number of aromatic amines is 2. The monoisotopic (exact) mass is 718 g/mol. The lowest BCUT2D eigenvalue weighted by atomic mass is 9.97. The molecule has 0 radical (unpaired) electrons. The summed E-state index contributed by atoms with van der Waals surface area (Å²) in [4.78, 5) is 14.6. The molecule has 0 saturated carbocycles. The standard InChI is InChI=1S/C38H16F10N4/c39-28-26(29(40)33(44)36(47)32(28)43)24-21-9-6-16(49-21)12-17-8-11-23(51-17)25(27-30(41)34(45)37(48)35(46)31(27)42)38-20(15-4-2-1-3-5-15)14-19(52-38)13-18-7-10-22(24)50-18/h1-14,49,52H. The maximum Gasteiger partial charge on any atom is 0.200 e. The maximum atomic E-state index is 15.6. The van der Waals surface area contributed by atoms with Gasteiger partial charge in [0.2, 0.25) is 11.6 Å². The van der Waals surface area contributed by atoms with Crippen molar-refractivity contribution in [3.63, 3.8) is 0 Å². The van der Waals surface area contributed by atoms with Crippen molar-refractivity contribution < 1.29 is 43.9 Å². The number of nitrogens with zero attached hydrogens (tertiary/aromatic N) is 2. The van der Waals surface area contributed by atoms with Crippen LogP contribution in [0.2, 0.25) is 0 Å². The van der Waals surface area contributed by atoms with Gasteiger partial charge in [-0.2, -0.15) is 0 Å². The molecule has 8 bridgehead atoms. The van der Waals surface area contributed by atoms with Crippen molar-refractivity contribution in [2.45, 2.75) is 0 Å². The van der Waals surface area contributed by atoms with Crippen molar-refractivity contribution >= 4 is 46.4 Å². The smallest absolute Gasteiger partial charge is 0.200 e. The second kappa shape index (κ2) is 12.1. The molecule has 0 unspecified atom stereocenters. The van der Waals surface area contributed by atoms with Gasteiger partial charge < -0.3 is 9.97 Å². The number of H-pyrrole nitrogens is 2. The van der Waals surface area contributed by atoms with E-state index in [9.17, 15) is 26.3 Å². The van der Waals surface area contributed by atoms with Gasteiger partial charge in [-0.1, -0.05) is 30.3 Å². The van der Waals surface area contributed by atoms with Gasteiger partial charge in [0.05, 0.1) is 39.4 Å². The SMILES string of the molecule is Fc1c(F)c(F)c(-c2c3nc(cc4cc(-c5ccccc5)c([nH]4)c(-c4c(F)c(F)c(F)c(F)c4F)c4nc(cc5ccc2[nH]5)C=C4)C=C3)c(F)c1F. The zero-order valence-electron chi connectivity index (χ0n) is 25.8. The van der Waals surface area contributed by atoms with Crippen LogP contribution in [0.15, 0.2) is 60.7 Å². The summed E-state index contributed by atoms with van der Waals surface area (Å²) in [6.07, 6.45) is 5.31. The number of halogens is 10. The lowest BCUT2D eigenvalue weighted by Crippen LogP contribution is -2.05. The highest BCUT2D eigenvalue weighted by Gasteiger charge is 2.31. The number of rotatable bonds is 3. The third-order valence-corrected chi connectivity index (χ3v) is 8.51. The number of fused-ring (bicyclic) bond motifs is 8. The van der Waals surface area contributed by atoms with Crippen molar-refractivity contribution in [2.75, 3.05) is 0 Å². The van der Waals surface area contributed by atoms with E-state index in [4.69, 9.17) is 0 Å². The number of benzene rings is 3. The molecule has 4 nitrogen and oxygen atoms in total. The molecule has 3 aromatic carbocycles. The first-order valence-corrected chi connectivity index (χ1v) is 15.2. The van der Waals surface area contributed by atoms with Gasteiger partial charge in [0.25, 0.3) is 0 Å². The Hall–Kier alpha value is -6.44. The molecule has 14 heteroatoms. The van der Waals surface area contributed by atoms with Crippen LogP contribution in [0, 0.1) is 58.2 Å². The second-order valence-corrected chi connectivity index (χ2v) is 11.6. The number of hydrogen-bond acceptors (Lipinski definition) is 2. The van der Waals surface area contributed by atoms with E-state index in [2.05, 4.69) is 19.9 Å². The van der Waals surface area contributed by atoms with Gasteiger partial charge in [-0.05, 0) is 60.2 Å². The van der Waals surface area contributed by atoms with Crippen LogP contribution in [-0.4, -0.2) is 19.9 Å². The molecule has 0 spiro atoms. The van der Waals surface area contributed by atoms with E-state index < -0.39 is 80.4 Å². The molecule has 258 valence electrons. The van der Waals surface area contributed by atoms with Crippen LogP contribution in [0.25, 0.3) is 79.8 Å².